The number of nitrogens with zero attached hydrogens (tertiary/aromatic N) is 1. The SMILES string of the molecule is CCCCN(C)C(=O)CCCl. The van der Waals surface area contributed by atoms with Crippen molar-refractivity contribution < 1.29 is 4.79 Å². The quantitative estimate of drug-likeness (QED) is 0.588. The van der Waals surface area contributed by atoms with Crippen LogP contribution in [0.15, 0.2) is 0 Å². The zero-order valence-corrected chi connectivity index (χ0v) is 8.02. The van der Waals surface area contributed by atoms with Crippen LogP contribution in [0.25, 0.3) is 0 Å². The number of halogens is 1. The molecule has 0 unspecified atom stereocenters. The molecule has 0 aliphatic carbocycles. The molecule has 0 spiro atoms. The van der Waals surface area contributed by atoms with Crippen molar-refractivity contribution in [2.24, 2.45) is 0 Å². The van der Waals surface area contributed by atoms with E-state index in [-0.39, 0.29) is 5.91 Å². The van der Waals surface area contributed by atoms with Crippen LogP contribution < -0.4 is 0 Å². The van der Waals surface area contributed by atoms with Gasteiger partial charge in [0.2, 0.25) is 5.91 Å². The number of rotatable bonds is 5. The maximum Gasteiger partial charge on any atom is 0.223 e. The van der Waals surface area contributed by atoms with Gasteiger partial charge in [0.25, 0.3) is 0 Å². The number of hydrogen-bond acceptors (Lipinski definition) is 1. The molecule has 0 rings (SSSR count). The normalized spacial score (nSPS) is 9.73. The van der Waals surface area contributed by atoms with Crippen molar-refractivity contribution in [2.75, 3.05) is 19.5 Å². The van der Waals surface area contributed by atoms with E-state index in [9.17, 15) is 4.79 Å². The Morgan fingerprint density at radius 2 is 2.18 bits per heavy atom. The standard InChI is InChI=1S/C8H16ClNO/c1-3-4-7-10(2)8(11)5-6-9/h3-7H2,1-2H3. The highest BCUT2D eigenvalue weighted by molar-refractivity contribution is 6.18. The fourth-order valence-electron chi connectivity index (χ4n) is 0.792. The van der Waals surface area contributed by atoms with Crippen LogP contribution in [-0.2, 0) is 4.79 Å². The molecule has 0 fully saturated rings. The van der Waals surface area contributed by atoms with Crippen LogP contribution in [0.3, 0.4) is 0 Å². The number of unbranched alkanes of at least 4 members (excludes halogenated alkanes) is 1. The van der Waals surface area contributed by atoms with Crippen molar-refractivity contribution in [3.63, 3.8) is 0 Å². The summed E-state index contributed by atoms with van der Waals surface area (Å²) in [6.07, 6.45) is 2.66. The molecule has 0 saturated heterocycles. The zero-order chi connectivity index (χ0) is 8.69. The molecule has 0 N–H and O–H groups in total. The highest BCUT2D eigenvalue weighted by Gasteiger charge is 2.05. The summed E-state index contributed by atoms with van der Waals surface area (Å²) in [5.74, 6) is 0.573. The van der Waals surface area contributed by atoms with Crippen molar-refractivity contribution in [3.8, 4) is 0 Å². The average Bonchev–Trinajstić information content (AvgIpc) is 2.00. The summed E-state index contributed by atoms with van der Waals surface area (Å²) < 4.78 is 0. The van der Waals surface area contributed by atoms with E-state index in [1.54, 1.807) is 4.90 Å². The van der Waals surface area contributed by atoms with E-state index >= 15 is 0 Å². The van der Waals surface area contributed by atoms with Crippen molar-refractivity contribution in [1.29, 1.82) is 0 Å². The summed E-state index contributed by atoms with van der Waals surface area (Å²) in [6.45, 7) is 2.96. The predicted octanol–water partition coefficient (Wildman–Crippen LogP) is 1.87. The molecule has 3 heteroatoms. The summed E-state index contributed by atoms with van der Waals surface area (Å²) in [5, 5.41) is 0. The molecule has 1 amide bonds. The lowest BCUT2D eigenvalue weighted by Gasteiger charge is -2.15. The summed E-state index contributed by atoms with van der Waals surface area (Å²) in [6, 6.07) is 0. The Balaban J connectivity index is 3.46. The van der Waals surface area contributed by atoms with Crippen molar-refractivity contribution in [3.05, 3.63) is 0 Å². The number of amides is 1. The van der Waals surface area contributed by atoms with Gasteiger partial charge < -0.3 is 4.90 Å². The lowest BCUT2D eigenvalue weighted by Crippen LogP contribution is -2.27. The smallest absolute Gasteiger partial charge is 0.223 e. The van der Waals surface area contributed by atoms with Gasteiger partial charge in [0, 0.05) is 25.9 Å². The molecule has 0 bridgehead atoms. The van der Waals surface area contributed by atoms with Crippen LogP contribution >= 0.6 is 11.6 Å². The van der Waals surface area contributed by atoms with Gasteiger partial charge in [-0.25, -0.2) is 0 Å². The van der Waals surface area contributed by atoms with E-state index < -0.39 is 0 Å². The third-order valence-electron chi connectivity index (χ3n) is 1.58. The second-order valence-corrected chi connectivity index (χ2v) is 2.99. The third kappa shape index (κ3) is 5.08. The minimum Gasteiger partial charge on any atom is -0.346 e. The molecule has 0 aromatic rings. The first-order valence-corrected chi connectivity index (χ1v) is 4.55. The van der Waals surface area contributed by atoms with E-state index in [2.05, 4.69) is 6.92 Å². The van der Waals surface area contributed by atoms with E-state index in [0.29, 0.717) is 12.3 Å². The number of carbonyl (C=O) groups is 1. The molecule has 0 aromatic carbocycles. The maximum absolute atomic E-state index is 11.1. The lowest BCUT2D eigenvalue weighted by molar-refractivity contribution is -0.129. The second kappa shape index (κ2) is 6.47. The minimum atomic E-state index is 0.147. The first kappa shape index (κ1) is 10.8. The minimum absolute atomic E-state index is 0.147. The Morgan fingerprint density at radius 3 is 2.64 bits per heavy atom. The Hall–Kier alpha value is -0.240. The second-order valence-electron chi connectivity index (χ2n) is 2.61. The van der Waals surface area contributed by atoms with Gasteiger partial charge in [0.15, 0.2) is 0 Å². The Labute approximate surface area is 73.5 Å². The van der Waals surface area contributed by atoms with E-state index in [0.717, 1.165) is 19.4 Å². The molecule has 0 aliphatic rings. The molecule has 0 atom stereocenters. The van der Waals surface area contributed by atoms with Gasteiger partial charge in [-0.2, -0.15) is 0 Å². The molecule has 0 aromatic heterocycles. The van der Waals surface area contributed by atoms with Gasteiger partial charge in [-0.3, -0.25) is 4.79 Å². The highest BCUT2D eigenvalue weighted by atomic mass is 35.5. The van der Waals surface area contributed by atoms with Gasteiger partial charge in [-0.15, -0.1) is 11.6 Å². The largest absolute Gasteiger partial charge is 0.346 e. The van der Waals surface area contributed by atoms with Gasteiger partial charge in [-0.05, 0) is 6.42 Å². The van der Waals surface area contributed by atoms with Gasteiger partial charge in [0.05, 0.1) is 0 Å². The summed E-state index contributed by atoms with van der Waals surface area (Å²) in [5.41, 5.74) is 0. The predicted molar refractivity (Wildman–Crippen MR) is 47.9 cm³/mol. The van der Waals surface area contributed by atoms with Crippen LogP contribution in [0.5, 0.6) is 0 Å². The number of carbonyl (C=O) groups excluding carboxylic acids is 1. The van der Waals surface area contributed by atoms with Crippen molar-refractivity contribution in [1.82, 2.24) is 4.90 Å². The topological polar surface area (TPSA) is 20.3 Å². The zero-order valence-electron chi connectivity index (χ0n) is 7.27. The van der Waals surface area contributed by atoms with Crippen LogP contribution in [0, 0.1) is 0 Å². The van der Waals surface area contributed by atoms with Crippen molar-refractivity contribution in [2.45, 2.75) is 26.2 Å². The molecular weight excluding hydrogens is 162 g/mol. The molecule has 66 valence electrons. The fourth-order valence-corrected chi connectivity index (χ4v) is 0.953. The van der Waals surface area contributed by atoms with Gasteiger partial charge in [-0.1, -0.05) is 13.3 Å². The highest BCUT2D eigenvalue weighted by Crippen LogP contribution is 1.96. The van der Waals surface area contributed by atoms with Gasteiger partial charge >= 0.3 is 0 Å². The third-order valence-corrected chi connectivity index (χ3v) is 1.77. The first-order valence-electron chi connectivity index (χ1n) is 4.02. The Kier molecular flexibility index (Phi) is 6.33. The molecule has 0 aliphatic heterocycles. The fraction of sp³-hybridized carbons (Fsp3) is 0.875. The molecule has 0 saturated carbocycles. The number of alkyl halides is 1. The van der Waals surface area contributed by atoms with Gasteiger partial charge in [0.1, 0.15) is 0 Å². The van der Waals surface area contributed by atoms with Crippen molar-refractivity contribution >= 4 is 17.5 Å². The summed E-state index contributed by atoms with van der Waals surface area (Å²) >= 11 is 5.43. The molecule has 11 heavy (non-hydrogen) atoms. The first-order chi connectivity index (χ1) is 5.22. The monoisotopic (exact) mass is 177 g/mol. The maximum atomic E-state index is 11.1. The van der Waals surface area contributed by atoms with E-state index in [1.165, 1.54) is 0 Å². The summed E-state index contributed by atoms with van der Waals surface area (Å²) in [7, 11) is 1.82. The Morgan fingerprint density at radius 1 is 1.55 bits per heavy atom. The number of hydrogen-bond donors (Lipinski definition) is 0. The lowest BCUT2D eigenvalue weighted by atomic mass is 10.3. The van der Waals surface area contributed by atoms with Crippen LogP contribution in [0.4, 0.5) is 0 Å². The summed E-state index contributed by atoms with van der Waals surface area (Å²) in [4.78, 5) is 12.8. The van der Waals surface area contributed by atoms with Crippen LogP contribution in [-0.4, -0.2) is 30.3 Å². The van der Waals surface area contributed by atoms with E-state index in [4.69, 9.17) is 11.6 Å². The van der Waals surface area contributed by atoms with E-state index in [1.807, 2.05) is 7.05 Å². The molecule has 0 heterocycles. The molecule has 2 nitrogen and oxygen atoms in total. The Bertz CT molecular complexity index is 117. The molecular formula is C8H16ClNO. The molecule has 0 radical (unpaired) electrons. The van der Waals surface area contributed by atoms with Crippen LogP contribution in [0.2, 0.25) is 0 Å². The van der Waals surface area contributed by atoms with Crippen LogP contribution in [0.1, 0.15) is 26.2 Å². The average molecular weight is 178 g/mol.